The maximum atomic E-state index is 13.9. The van der Waals surface area contributed by atoms with E-state index in [4.69, 9.17) is 34.7 Å². The van der Waals surface area contributed by atoms with Crippen molar-refractivity contribution in [3.8, 4) is 5.75 Å². The first-order valence-electron chi connectivity index (χ1n) is 12.4. The number of hydrogen-bond donors (Lipinski definition) is 4. The fraction of sp³-hybridized carbons (Fsp3) is 0.231. The van der Waals surface area contributed by atoms with E-state index in [1.54, 1.807) is 30.3 Å². The van der Waals surface area contributed by atoms with E-state index in [1.807, 2.05) is 0 Å². The summed E-state index contributed by atoms with van der Waals surface area (Å²) in [5, 5.41) is 28.1. The van der Waals surface area contributed by atoms with E-state index in [-0.39, 0.29) is 33.8 Å². The number of amides is 3. The summed E-state index contributed by atoms with van der Waals surface area (Å²) in [4.78, 5) is 55.6. The molecule has 0 bridgehead atoms. The zero-order chi connectivity index (χ0) is 31.0. The number of aliphatic carboxylic acids is 1. The van der Waals surface area contributed by atoms with Crippen molar-refractivity contribution in [2.45, 2.75) is 28.3 Å². The number of carboxylic acids is 1. The first-order valence-corrected chi connectivity index (χ1v) is 16.0. The molecule has 0 aliphatic carbocycles. The van der Waals surface area contributed by atoms with Crippen molar-refractivity contribution in [2.75, 3.05) is 11.5 Å². The van der Waals surface area contributed by atoms with Crippen LogP contribution in [0.2, 0.25) is 10.0 Å². The van der Waals surface area contributed by atoms with Gasteiger partial charge < -0.3 is 21.7 Å². The van der Waals surface area contributed by atoms with Crippen molar-refractivity contribution >= 4 is 81.8 Å². The number of nitrogens with zero attached hydrogens (tertiary/aromatic N) is 4. The highest BCUT2D eigenvalue weighted by molar-refractivity contribution is 8.01. The van der Waals surface area contributed by atoms with Crippen LogP contribution < -0.4 is 11.5 Å². The number of imide groups is 1. The van der Waals surface area contributed by atoms with Crippen LogP contribution >= 0.6 is 58.1 Å². The Morgan fingerprint density at radius 1 is 1.19 bits per heavy atom. The summed E-state index contributed by atoms with van der Waals surface area (Å²) >= 11 is 15.9. The molecule has 5 rings (SSSR count). The number of β-lactam (4-membered cyclic amide) rings is 1. The molecule has 0 saturated carbocycles. The Bertz CT molecular complexity index is 1660. The average Bonchev–Trinajstić information content (AvgIpc) is 3.47. The average molecular weight is 682 g/mol. The highest BCUT2D eigenvalue weighted by atomic mass is 35.5. The molecule has 1 unspecified atom stereocenters. The number of phenols is 1. The van der Waals surface area contributed by atoms with Gasteiger partial charge in [0, 0.05) is 23.1 Å². The molecule has 1 aromatic heterocycles. The smallest absolute Gasteiger partial charge is 0.352 e. The number of carbonyl (C=O) groups is 4. The van der Waals surface area contributed by atoms with Crippen molar-refractivity contribution in [3.63, 3.8) is 0 Å². The standard InChI is InChI=1S/C26H22Cl2N6O6S3/c27-13-6-14(20(35)15(28)7-13)21(36)33(22(37)17(30)11-4-2-1-3-5-11)19-23(38)34-18(25(39)40)12(9-41-24(19)34)10-42-26-32-31-16(8-29)43-26/h1-7,17,19,24,35H,8-10,29-30H2,(H,39,40)/t17-,19?,24-/m1/s1. The fourth-order valence-electron chi connectivity index (χ4n) is 4.58. The summed E-state index contributed by atoms with van der Waals surface area (Å²) in [7, 11) is 0. The van der Waals surface area contributed by atoms with Crippen LogP contribution in [0.5, 0.6) is 5.75 Å². The minimum absolute atomic E-state index is 0.00626. The van der Waals surface area contributed by atoms with Gasteiger partial charge in [-0.15, -0.1) is 22.0 Å². The van der Waals surface area contributed by atoms with Gasteiger partial charge in [-0.2, -0.15) is 0 Å². The second-order valence-corrected chi connectivity index (χ2v) is 13.5. The lowest BCUT2D eigenvalue weighted by Gasteiger charge is -2.52. The van der Waals surface area contributed by atoms with Crippen molar-refractivity contribution in [3.05, 3.63) is 79.9 Å². The van der Waals surface area contributed by atoms with Gasteiger partial charge in [-0.3, -0.25) is 24.2 Å². The number of phenolic OH excluding ortho intramolecular Hbond substituents is 1. The molecule has 17 heteroatoms. The van der Waals surface area contributed by atoms with Crippen LogP contribution in [-0.4, -0.2) is 76.8 Å². The number of fused-ring (bicyclic) bond motifs is 1. The Kier molecular flexibility index (Phi) is 9.31. The normalized spacial score (nSPS) is 18.6. The minimum Gasteiger partial charge on any atom is -0.506 e. The number of carboxylic acid groups (broad SMARTS) is 1. The molecule has 0 radical (unpaired) electrons. The van der Waals surface area contributed by atoms with E-state index in [2.05, 4.69) is 10.2 Å². The maximum absolute atomic E-state index is 13.9. The Labute approximate surface area is 267 Å². The van der Waals surface area contributed by atoms with E-state index < -0.39 is 52.5 Å². The molecule has 1 saturated heterocycles. The molecule has 3 amide bonds. The molecule has 2 aliphatic rings. The third kappa shape index (κ3) is 5.98. The van der Waals surface area contributed by atoms with E-state index in [0.717, 1.165) is 11.0 Å². The van der Waals surface area contributed by atoms with Gasteiger partial charge in [-0.1, -0.05) is 76.6 Å². The molecule has 1 fully saturated rings. The molecule has 224 valence electrons. The zero-order valence-electron chi connectivity index (χ0n) is 21.8. The maximum Gasteiger partial charge on any atom is 0.352 e. The van der Waals surface area contributed by atoms with Gasteiger partial charge >= 0.3 is 5.97 Å². The van der Waals surface area contributed by atoms with Crippen LogP contribution in [0.25, 0.3) is 0 Å². The van der Waals surface area contributed by atoms with Crippen LogP contribution in [0.15, 0.2) is 58.1 Å². The fourth-order valence-corrected chi connectivity index (χ4v) is 8.38. The Morgan fingerprint density at radius 2 is 1.91 bits per heavy atom. The quantitative estimate of drug-likeness (QED) is 0.191. The van der Waals surface area contributed by atoms with E-state index in [9.17, 15) is 29.4 Å². The summed E-state index contributed by atoms with van der Waals surface area (Å²) in [6, 6.07) is 7.78. The van der Waals surface area contributed by atoms with Crippen LogP contribution in [0.4, 0.5) is 0 Å². The summed E-state index contributed by atoms with van der Waals surface area (Å²) in [5.41, 5.74) is 12.0. The lowest BCUT2D eigenvalue weighted by molar-refractivity contribution is -0.157. The number of aromatic hydroxyl groups is 1. The lowest BCUT2D eigenvalue weighted by Crippen LogP contribution is -2.72. The van der Waals surface area contributed by atoms with Crippen LogP contribution in [0, 0.1) is 0 Å². The zero-order valence-corrected chi connectivity index (χ0v) is 25.8. The first-order chi connectivity index (χ1) is 20.5. The summed E-state index contributed by atoms with van der Waals surface area (Å²) in [5.74, 6) is -4.36. The minimum atomic E-state index is -1.42. The van der Waals surface area contributed by atoms with Gasteiger partial charge in [0.2, 0.25) is 0 Å². The lowest BCUT2D eigenvalue weighted by atomic mass is 9.97. The van der Waals surface area contributed by atoms with Gasteiger partial charge in [0.25, 0.3) is 17.7 Å². The third-order valence-corrected chi connectivity index (χ3v) is 10.6. The molecule has 12 nitrogen and oxygen atoms in total. The van der Waals surface area contributed by atoms with Crippen molar-refractivity contribution in [1.29, 1.82) is 0 Å². The topological polar surface area (TPSA) is 193 Å². The largest absolute Gasteiger partial charge is 0.506 e. The van der Waals surface area contributed by atoms with E-state index in [0.29, 0.717) is 25.4 Å². The summed E-state index contributed by atoms with van der Waals surface area (Å²) in [6.45, 7) is 0.226. The molecule has 3 aromatic rings. The van der Waals surface area contributed by atoms with Crippen LogP contribution in [0.3, 0.4) is 0 Å². The number of benzene rings is 2. The summed E-state index contributed by atoms with van der Waals surface area (Å²) in [6.07, 6.45) is 0. The number of carbonyl (C=O) groups excluding carboxylic acids is 3. The van der Waals surface area contributed by atoms with Crippen molar-refractivity contribution < 1.29 is 29.4 Å². The van der Waals surface area contributed by atoms with Gasteiger partial charge in [-0.05, 0) is 23.3 Å². The predicted octanol–water partition coefficient (Wildman–Crippen LogP) is 3.09. The molecule has 6 N–H and O–H groups in total. The molecule has 0 spiro atoms. The predicted molar refractivity (Wildman–Crippen MR) is 163 cm³/mol. The monoisotopic (exact) mass is 680 g/mol. The van der Waals surface area contributed by atoms with Crippen molar-refractivity contribution in [1.82, 2.24) is 20.0 Å². The highest BCUT2D eigenvalue weighted by Crippen LogP contribution is 2.45. The first kappa shape index (κ1) is 31.3. The van der Waals surface area contributed by atoms with Gasteiger partial charge in [-0.25, -0.2) is 4.79 Å². The molecular formula is C26H22Cl2N6O6S3. The SMILES string of the molecule is NCc1nnc(SCC2=C(C(=O)O)N3C(=O)C(N(C(=O)c4cc(Cl)cc(Cl)c4O)C(=O)[C@H](N)c4ccccc4)[C@H]3SC2)s1. The second-order valence-electron chi connectivity index (χ2n) is 9.25. The van der Waals surface area contributed by atoms with Gasteiger partial charge in [0.1, 0.15) is 33.9 Å². The molecular weight excluding hydrogens is 659 g/mol. The van der Waals surface area contributed by atoms with E-state index in [1.165, 1.54) is 40.9 Å². The van der Waals surface area contributed by atoms with E-state index >= 15 is 0 Å². The Morgan fingerprint density at radius 3 is 2.56 bits per heavy atom. The highest BCUT2D eigenvalue weighted by Gasteiger charge is 2.59. The molecule has 2 aliphatic heterocycles. The molecule has 3 atom stereocenters. The third-order valence-electron chi connectivity index (χ3n) is 6.63. The Hall–Kier alpha value is -3.18. The van der Waals surface area contributed by atoms with Crippen LogP contribution in [0.1, 0.15) is 27.0 Å². The molecule has 2 aromatic carbocycles. The molecule has 43 heavy (non-hydrogen) atoms. The number of nitrogens with two attached hydrogens (primary N) is 2. The van der Waals surface area contributed by atoms with Gasteiger partial charge in [0.15, 0.2) is 4.34 Å². The second kappa shape index (κ2) is 12.8. The number of hydrogen-bond acceptors (Lipinski definition) is 12. The number of thioether (sulfide) groups is 2. The number of rotatable bonds is 9. The Balaban J connectivity index is 1.49. The van der Waals surface area contributed by atoms with Crippen molar-refractivity contribution in [2.24, 2.45) is 11.5 Å². The van der Waals surface area contributed by atoms with Gasteiger partial charge in [0.05, 0.1) is 10.6 Å². The van der Waals surface area contributed by atoms with Crippen LogP contribution in [-0.2, 0) is 20.9 Å². The summed E-state index contributed by atoms with van der Waals surface area (Å²) < 4.78 is 0.592. The molecule has 3 heterocycles. The number of halogens is 2. The number of aromatic nitrogens is 2.